The molecule has 2 aliphatic heterocycles. The van der Waals surface area contributed by atoms with E-state index >= 15 is 0 Å². The number of hydrogen-bond acceptors (Lipinski definition) is 6. The minimum Gasteiger partial charge on any atom is -0.485 e. The van der Waals surface area contributed by atoms with Gasteiger partial charge in [-0.15, -0.1) is 0 Å². The second kappa shape index (κ2) is 8.18. The second-order valence-corrected chi connectivity index (χ2v) is 12.6. The van der Waals surface area contributed by atoms with Gasteiger partial charge < -0.3 is 19.4 Å². The number of amides is 3. The number of nitrogens with one attached hydrogen (secondary N) is 2. The Hall–Kier alpha value is -3.13. The Morgan fingerprint density at radius 2 is 1.84 bits per heavy atom. The smallest absolute Gasteiger partial charge is 0.255 e. The molecule has 9 rings (SSSR count). The summed E-state index contributed by atoms with van der Waals surface area (Å²) in [7, 11) is 0. The quantitative estimate of drug-likeness (QED) is 0.547. The number of rotatable bonds is 7. The molecule has 6 bridgehead atoms. The molecule has 4 atom stereocenters. The molecular formula is C30H33N3O5. The summed E-state index contributed by atoms with van der Waals surface area (Å²) in [6, 6.07) is 8.78. The van der Waals surface area contributed by atoms with Crippen molar-refractivity contribution in [2.75, 3.05) is 0 Å². The minimum atomic E-state index is -0.639. The predicted molar refractivity (Wildman–Crippen MR) is 136 cm³/mol. The molecule has 2 aromatic rings. The summed E-state index contributed by atoms with van der Waals surface area (Å²) in [4.78, 5) is 38.5. The number of furan rings is 1. The van der Waals surface area contributed by atoms with Crippen LogP contribution in [-0.4, -0.2) is 34.2 Å². The molecule has 38 heavy (non-hydrogen) atoms. The van der Waals surface area contributed by atoms with Crippen molar-refractivity contribution < 1.29 is 23.5 Å². The second-order valence-electron chi connectivity index (χ2n) is 12.6. The first-order valence-corrected chi connectivity index (χ1v) is 14.2. The van der Waals surface area contributed by atoms with Gasteiger partial charge in [0.1, 0.15) is 29.9 Å². The Kier molecular flexibility index (Phi) is 4.91. The maximum Gasteiger partial charge on any atom is 0.255 e. The number of carbonyl (C=O) groups is 3. The number of imide groups is 1. The SMILES string of the molecule is O=C1CCC(N2Cc3c(OCc4ccc(CNC56CC7CC8CC(C5)C7C8C6)o4)cccc3C2=O)C(=O)N1. The van der Waals surface area contributed by atoms with Crippen molar-refractivity contribution in [3.05, 3.63) is 53.0 Å². The Morgan fingerprint density at radius 1 is 1.03 bits per heavy atom. The summed E-state index contributed by atoms with van der Waals surface area (Å²) in [5.41, 5.74) is 1.62. The van der Waals surface area contributed by atoms with Crippen molar-refractivity contribution >= 4 is 17.7 Å². The van der Waals surface area contributed by atoms with Gasteiger partial charge in [0, 0.05) is 23.1 Å². The van der Waals surface area contributed by atoms with Gasteiger partial charge in [-0.2, -0.15) is 0 Å². The number of nitrogens with zero attached hydrogens (tertiary/aromatic N) is 1. The zero-order valence-corrected chi connectivity index (χ0v) is 21.4. The van der Waals surface area contributed by atoms with Crippen molar-refractivity contribution in [2.45, 2.75) is 76.2 Å². The van der Waals surface area contributed by atoms with E-state index in [2.05, 4.69) is 10.6 Å². The first-order valence-electron chi connectivity index (χ1n) is 14.2. The number of ether oxygens (including phenoxy) is 1. The molecule has 5 aliphatic carbocycles. The van der Waals surface area contributed by atoms with Crippen LogP contribution < -0.4 is 15.4 Å². The number of carbonyl (C=O) groups excluding carboxylic acids is 3. The summed E-state index contributed by atoms with van der Waals surface area (Å²) in [6.45, 7) is 1.30. The first-order chi connectivity index (χ1) is 18.5. The summed E-state index contributed by atoms with van der Waals surface area (Å²) in [5, 5.41) is 6.28. The van der Waals surface area contributed by atoms with Crippen LogP contribution in [0.25, 0.3) is 0 Å². The van der Waals surface area contributed by atoms with Gasteiger partial charge in [0.05, 0.1) is 13.1 Å². The molecule has 4 unspecified atom stereocenters. The molecule has 0 radical (unpaired) electrons. The molecule has 3 amide bonds. The third-order valence-electron chi connectivity index (χ3n) is 10.6. The molecule has 1 saturated heterocycles. The first kappa shape index (κ1) is 22.8. The van der Waals surface area contributed by atoms with Crippen molar-refractivity contribution in [1.82, 2.24) is 15.5 Å². The molecule has 8 heteroatoms. The number of benzene rings is 1. The predicted octanol–water partition coefficient (Wildman–Crippen LogP) is 3.53. The van der Waals surface area contributed by atoms with Crippen molar-refractivity contribution in [1.29, 1.82) is 0 Å². The summed E-state index contributed by atoms with van der Waals surface area (Å²) >= 11 is 0. The van der Waals surface area contributed by atoms with E-state index in [1.54, 1.807) is 17.0 Å². The highest BCUT2D eigenvalue weighted by molar-refractivity contribution is 6.05. The van der Waals surface area contributed by atoms with Crippen LogP contribution in [0.1, 0.15) is 72.4 Å². The van der Waals surface area contributed by atoms with Crippen LogP contribution in [0.2, 0.25) is 0 Å². The van der Waals surface area contributed by atoms with Crippen LogP contribution in [0.3, 0.4) is 0 Å². The van der Waals surface area contributed by atoms with Gasteiger partial charge in [0.15, 0.2) is 0 Å². The van der Waals surface area contributed by atoms with E-state index in [9.17, 15) is 14.4 Å². The van der Waals surface area contributed by atoms with Crippen LogP contribution in [-0.2, 0) is 29.3 Å². The maximum atomic E-state index is 13.1. The topological polar surface area (TPSA) is 101 Å². The van der Waals surface area contributed by atoms with Crippen molar-refractivity contribution in [2.24, 2.45) is 29.6 Å². The zero-order chi connectivity index (χ0) is 25.6. The molecule has 1 aromatic heterocycles. The van der Waals surface area contributed by atoms with Gasteiger partial charge >= 0.3 is 0 Å². The molecule has 1 aromatic carbocycles. The van der Waals surface area contributed by atoms with E-state index in [-0.39, 0.29) is 31.4 Å². The van der Waals surface area contributed by atoms with Gasteiger partial charge in [-0.05, 0) is 92.4 Å². The Balaban J connectivity index is 0.913. The zero-order valence-electron chi connectivity index (χ0n) is 21.4. The molecule has 3 heterocycles. The average Bonchev–Trinajstić information content (AvgIpc) is 3.62. The van der Waals surface area contributed by atoms with Crippen LogP contribution in [0, 0.1) is 29.6 Å². The lowest BCUT2D eigenvalue weighted by molar-refractivity contribution is -0.136. The van der Waals surface area contributed by atoms with Crippen molar-refractivity contribution in [3.63, 3.8) is 0 Å². The fourth-order valence-corrected chi connectivity index (χ4v) is 9.31. The molecule has 198 valence electrons. The lowest BCUT2D eigenvalue weighted by Gasteiger charge is -2.53. The van der Waals surface area contributed by atoms with Gasteiger partial charge in [-0.1, -0.05) is 6.07 Å². The fraction of sp³-hybridized carbons (Fsp3) is 0.567. The summed E-state index contributed by atoms with van der Waals surface area (Å²) in [6.07, 6.45) is 7.54. The van der Waals surface area contributed by atoms with Gasteiger partial charge in [-0.3, -0.25) is 19.7 Å². The molecule has 8 nitrogen and oxygen atoms in total. The van der Waals surface area contributed by atoms with Crippen LogP contribution in [0.4, 0.5) is 0 Å². The monoisotopic (exact) mass is 515 g/mol. The van der Waals surface area contributed by atoms with Crippen molar-refractivity contribution in [3.8, 4) is 5.75 Å². The lowest BCUT2D eigenvalue weighted by atomic mass is 9.57. The highest BCUT2D eigenvalue weighted by Crippen LogP contribution is 2.69. The van der Waals surface area contributed by atoms with Gasteiger partial charge in [0.2, 0.25) is 11.8 Å². The number of piperidine rings is 1. The van der Waals surface area contributed by atoms with E-state index in [1.807, 2.05) is 18.2 Å². The fourth-order valence-electron chi connectivity index (χ4n) is 9.31. The van der Waals surface area contributed by atoms with Crippen LogP contribution in [0.15, 0.2) is 34.7 Å². The molecule has 5 saturated carbocycles. The average molecular weight is 516 g/mol. The molecular weight excluding hydrogens is 482 g/mol. The largest absolute Gasteiger partial charge is 0.485 e. The maximum absolute atomic E-state index is 13.1. The lowest BCUT2D eigenvalue weighted by Crippen LogP contribution is -2.57. The molecule has 2 N–H and O–H groups in total. The minimum absolute atomic E-state index is 0.201. The summed E-state index contributed by atoms with van der Waals surface area (Å²) < 4.78 is 12.3. The van der Waals surface area contributed by atoms with E-state index < -0.39 is 11.9 Å². The van der Waals surface area contributed by atoms with Crippen LogP contribution in [0.5, 0.6) is 5.75 Å². The molecule has 6 fully saturated rings. The Labute approximate surface area is 221 Å². The highest BCUT2D eigenvalue weighted by atomic mass is 16.5. The molecule has 0 spiro atoms. The van der Waals surface area contributed by atoms with E-state index in [0.717, 1.165) is 53.2 Å². The Morgan fingerprint density at radius 3 is 2.63 bits per heavy atom. The normalized spacial score (nSPS) is 36.3. The number of hydrogen-bond donors (Lipinski definition) is 2. The van der Waals surface area contributed by atoms with E-state index in [0.29, 0.717) is 23.3 Å². The van der Waals surface area contributed by atoms with Gasteiger partial charge in [-0.25, -0.2) is 0 Å². The summed E-state index contributed by atoms with van der Waals surface area (Å²) in [5.74, 6) is 6.29. The van der Waals surface area contributed by atoms with Gasteiger partial charge in [0.25, 0.3) is 5.91 Å². The van der Waals surface area contributed by atoms with E-state index in [4.69, 9.17) is 9.15 Å². The van der Waals surface area contributed by atoms with E-state index in [1.165, 1.54) is 32.1 Å². The Bertz CT molecular complexity index is 1330. The third kappa shape index (κ3) is 3.42. The standard InChI is InChI=1S/C30H33N3O5/c34-26-7-6-24(28(35)32-26)33-14-23-21(29(33)36)2-1-3-25(23)37-15-20-5-4-19(38-20)13-31-30-10-17-8-16-9-18(11-30)27(17)22(16)12-30/h1-5,16-18,22,24,27,31H,6-15H2,(H,32,34,35). The highest BCUT2D eigenvalue weighted by Gasteiger charge is 2.64. The third-order valence-corrected chi connectivity index (χ3v) is 10.6. The number of fused-ring (bicyclic) bond motifs is 1. The molecule has 7 aliphatic rings. The van der Waals surface area contributed by atoms with Crippen LogP contribution >= 0.6 is 0 Å².